The van der Waals surface area contributed by atoms with Crippen LogP contribution in [0.3, 0.4) is 0 Å². The zero-order valence-corrected chi connectivity index (χ0v) is 10.1. The van der Waals surface area contributed by atoms with Crippen molar-refractivity contribution >= 4 is 0 Å². The lowest BCUT2D eigenvalue weighted by Crippen LogP contribution is -2.21. The molecule has 0 N–H and O–H groups in total. The highest BCUT2D eigenvalue weighted by Crippen LogP contribution is 2.29. The van der Waals surface area contributed by atoms with E-state index in [1.807, 2.05) is 36.4 Å². The van der Waals surface area contributed by atoms with E-state index in [4.69, 9.17) is 15.3 Å². The topological polar surface area (TPSA) is 74.6 Å². The number of hydrogen-bond acceptors (Lipinski definition) is 4. The van der Waals surface area contributed by atoms with E-state index in [2.05, 4.69) is 4.98 Å². The molecule has 0 spiro atoms. The van der Waals surface area contributed by atoms with E-state index >= 15 is 0 Å². The van der Waals surface area contributed by atoms with Crippen LogP contribution in [0.2, 0.25) is 0 Å². The van der Waals surface area contributed by atoms with Crippen LogP contribution in [0.15, 0.2) is 30.6 Å². The second-order valence-corrected chi connectivity index (χ2v) is 4.37. The molecule has 1 aromatic heterocycles. The quantitative estimate of drug-likeness (QED) is 0.811. The van der Waals surface area contributed by atoms with Crippen LogP contribution in [-0.4, -0.2) is 15.7 Å². The lowest BCUT2D eigenvalue weighted by Gasteiger charge is -2.11. The van der Waals surface area contributed by atoms with Gasteiger partial charge in [-0.1, -0.05) is 18.2 Å². The Balaban J connectivity index is 1.81. The molecule has 0 saturated carbocycles. The molecule has 1 aliphatic heterocycles. The Bertz CT molecular complexity index is 680. The maximum Gasteiger partial charge on any atom is 0.176 e. The van der Waals surface area contributed by atoms with E-state index in [1.54, 1.807) is 4.57 Å². The van der Waals surface area contributed by atoms with Gasteiger partial charge in [-0.2, -0.15) is 10.5 Å². The summed E-state index contributed by atoms with van der Waals surface area (Å²) in [5.41, 5.74) is 1.63. The van der Waals surface area contributed by atoms with Crippen LogP contribution >= 0.6 is 0 Å². The second-order valence-electron chi connectivity index (χ2n) is 4.37. The Hall–Kier alpha value is -2.79. The molecule has 0 amide bonds. The number of imidazole rings is 1. The third-order valence-electron chi connectivity index (χ3n) is 3.16. The SMILES string of the molecule is N#Cc1ncn(CC2Cc3ccccc3O2)c1C#N. The smallest absolute Gasteiger partial charge is 0.176 e. The Kier molecular flexibility index (Phi) is 2.66. The molecule has 2 aromatic rings. The first kappa shape index (κ1) is 11.3. The minimum absolute atomic E-state index is 0.0229. The van der Waals surface area contributed by atoms with E-state index in [9.17, 15) is 0 Å². The van der Waals surface area contributed by atoms with Crippen molar-refractivity contribution in [3.63, 3.8) is 0 Å². The Morgan fingerprint density at radius 3 is 2.89 bits per heavy atom. The number of nitrogens with zero attached hydrogens (tertiary/aromatic N) is 4. The highest BCUT2D eigenvalue weighted by molar-refractivity contribution is 5.38. The van der Waals surface area contributed by atoms with E-state index in [0.717, 1.165) is 12.2 Å². The minimum atomic E-state index is -0.0229. The van der Waals surface area contributed by atoms with Gasteiger partial charge in [-0.3, -0.25) is 0 Å². The average molecular weight is 250 g/mol. The summed E-state index contributed by atoms with van der Waals surface area (Å²) in [6.07, 6.45) is 2.30. The molecule has 0 aliphatic carbocycles. The van der Waals surface area contributed by atoms with Crippen molar-refractivity contribution in [2.45, 2.75) is 19.1 Å². The van der Waals surface area contributed by atoms with Crippen molar-refractivity contribution in [2.75, 3.05) is 0 Å². The Morgan fingerprint density at radius 1 is 1.32 bits per heavy atom. The molecule has 92 valence electrons. The zero-order chi connectivity index (χ0) is 13.2. The molecule has 1 aliphatic rings. The number of benzene rings is 1. The van der Waals surface area contributed by atoms with E-state index < -0.39 is 0 Å². The molecule has 0 saturated heterocycles. The first-order valence-electron chi connectivity index (χ1n) is 5.91. The van der Waals surface area contributed by atoms with Crippen LogP contribution in [0.1, 0.15) is 17.0 Å². The van der Waals surface area contributed by atoms with Gasteiger partial charge in [0, 0.05) is 6.42 Å². The van der Waals surface area contributed by atoms with Gasteiger partial charge in [0.2, 0.25) is 0 Å². The van der Waals surface area contributed by atoms with Gasteiger partial charge < -0.3 is 9.30 Å². The van der Waals surface area contributed by atoms with Crippen molar-refractivity contribution in [1.82, 2.24) is 9.55 Å². The van der Waals surface area contributed by atoms with Crippen LogP contribution in [0, 0.1) is 22.7 Å². The Morgan fingerprint density at radius 2 is 2.16 bits per heavy atom. The van der Waals surface area contributed by atoms with Gasteiger partial charge in [0.05, 0.1) is 12.9 Å². The molecule has 1 aromatic carbocycles. The van der Waals surface area contributed by atoms with E-state index in [1.165, 1.54) is 11.9 Å². The maximum absolute atomic E-state index is 9.06. The summed E-state index contributed by atoms with van der Waals surface area (Å²) >= 11 is 0. The summed E-state index contributed by atoms with van der Waals surface area (Å²) in [7, 11) is 0. The molecule has 5 heteroatoms. The fraction of sp³-hybridized carbons (Fsp3) is 0.214. The van der Waals surface area contributed by atoms with Gasteiger partial charge in [-0.25, -0.2) is 4.98 Å². The molecular formula is C14H10N4O. The van der Waals surface area contributed by atoms with Gasteiger partial charge in [-0.05, 0) is 11.6 Å². The number of ether oxygens (including phenoxy) is 1. The van der Waals surface area contributed by atoms with Crippen LogP contribution in [0.4, 0.5) is 0 Å². The summed E-state index contributed by atoms with van der Waals surface area (Å²) in [6.45, 7) is 0.520. The van der Waals surface area contributed by atoms with Crippen molar-refractivity contribution in [3.05, 3.63) is 47.5 Å². The van der Waals surface area contributed by atoms with E-state index in [0.29, 0.717) is 12.2 Å². The van der Waals surface area contributed by atoms with Crippen LogP contribution in [0.5, 0.6) is 5.75 Å². The third-order valence-corrected chi connectivity index (χ3v) is 3.16. The first-order chi connectivity index (χ1) is 9.31. The molecule has 19 heavy (non-hydrogen) atoms. The van der Waals surface area contributed by atoms with E-state index in [-0.39, 0.29) is 11.8 Å². The highest BCUT2D eigenvalue weighted by atomic mass is 16.5. The maximum atomic E-state index is 9.06. The largest absolute Gasteiger partial charge is 0.488 e. The number of rotatable bonds is 2. The zero-order valence-electron chi connectivity index (χ0n) is 10.1. The van der Waals surface area contributed by atoms with Crippen LogP contribution < -0.4 is 4.74 Å². The molecule has 0 bridgehead atoms. The number of aromatic nitrogens is 2. The lowest BCUT2D eigenvalue weighted by molar-refractivity contribution is 0.209. The summed E-state index contributed by atoms with van der Waals surface area (Å²) in [4.78, 5) is 3.92. The van der Waals surface area contributed by atoms with Gasteiger partial charge in [0.1, 0.15) is 24.0 Å². The second kappa shape index (κ2) is 4.47. The molecule has 3 rings (SSSR count). The molecule has 0 radical (unpaired) electrons. The molecule has 1 atom stereocenters. The number of fused-ring (bicyclic) bond motifs is 1. The fourth-order valence-corrected chi connectivity index (χ4v) is 2.29. The molecule has 0 fully saturated rings. The minimum Gasteiger partial charge on any atom is -0.488 e. The first-order valence-corrected chi connectivity index (χ1v) is 5.91. The summed E-state index contributed by atoms with van der Waals surface area (Å²) in [6, 6.07) is 11.8. The van der Waals surface area contributed by atoms with Crippen molar-refractivity contribution in [2.24, 2.45) is 0 Å². The van der Waals surface area contributed by atoms with Gasteiger partial charge in [-0.15, -0.1) is 0 Å². The van der Waals surface area contributed by atoms with Crippen molar-refractivity contribution < 1.29 is 4.74 Å². The number of nitriles is 2. The van der Waals surface area contributed by atoms with Crippen molar-refractivity contribution in [3.8, 4) is 17.9 Å². The number of hydrogen-bond donors (Lipinski definition) is 0. The molecular weight excluding hydrogens is 240 g/mol. The fourth-order valence-electron chi connectivity index (χ4n) is 2.29. The Labute approximate surface area is 110 Å². The summed E-state index contributed by atoms with van der Waals surface area (Å²) in [5, 5.41) is 17.9. The molecule has 1 unspecified atom stereocenters. The summed E-state index contributed by atoms with van der Waals surface area (Å²) < 4.78 is 7.49. The summed E-state index contributed by atoms with van der Waals surface area (Å²) in [5.74, 6) is 0.895. The molecule has 2 heterocycles. The van der Waals surface area contributed by atoms with Gasteiger partial charge >= 0.3 is 0 Å². The lowest BCUT2D eigenvalue weighted by atomic mass is 10.1. The normalized spacial score (nSPS) is 16.2. The van der Waals surface area contributed by atoms with Gasteiger partial charge in [0.15, 0.2) is 11.4 Å². The van der Waals surface area contributed by atoms with Crippen LogP contribution in [-0.2, 0) is 13.0 Å². The van der Waals surface area contributed by atoms with Crippen LogP contribution in [0.25, 0.3) is 0 Å². The van der Waals surface area contributed by atoms with Crippen molar-refractivity contribution in [1.29, 1.82) is 10.5 Å². The van der Waals surface area contributed by atoms with Gasteiger partial charge in [0.25, 0.3) is 0 Å². The monoisotopic (exact) mass is 250 g/mol. The standard InChI is InChI=1S/C14H10N4O/c15-6-12-13(7-16)18(9-17-12)8-11-5-10-3-1-2-4-14(10)19-11/h1-4,9,11H,5,8H2. The third kappa shape index (κ3) is 1.92. The predicted molar refractivity (Wildman–Crippen MR) is 66.2 cm³/mol. The average Bonchev–Trinajstić information content (AvgIpc) is 3.01. The predicted octanol–water partition coefficient (Wildman–Crippen LogP) is 1.63. The number of para-hydroxylation sites is 1. The molecule has 5 nitrogen and oxygen atoms in total. The highest BCUT2D eigenvalue weighted by Gasteiger charge is 2.24.